The highest BCUT2D eigenvalue weighted by Crippen LogP contribution is 2.24. The Hall–Kier alpha value is -1.49. The summed E-state index contributed by atoms with van der Waals surface area (Å²) in [5, 5.41) is 11.2. The van der Waals surface area contributed by atoms with Gasteiger partial charge in [-0.1, -0.05) is 6.07 Å². The van der Waals surface area contributed by atoms with Crippen molar-refractivity contribution in [2.24, 2.45) is 0 Å². The van der Waals surface area contributed by atoms with Gasteiger partial charge in [-0.15, -0.1) is 10.2 Å². The first-order valence-electron chi connectivity index (χ1n) is 6.13. The van der Waals surface area contributed by atoms with Crippen LogP contribution in [-0.2, 0) is 0 Å². The monoisotopic (exact) mass is 261 g/mol. The molecule has 0 aliphatic carbocycles. The number of benzene rings is 1. The number of thioether (sulfide) groups is 1. The van der Waals surface area contributed by atoms with Crippen LogP contribution in [0.2, 0.25) is 0 Å². The van der Waals surface area contributed by atoms with Gasteiger partial charge in [-0.05, 0) is 36.8 Å². The van der Waals surface area contributed by atoms with E-state index in [1.54, 1.807) is 0 Å². The van der Waals surface area contributed by atoms with Crippen LogP contribution in [0.1, 0.15) is 12.8 Å². The second kappa shape index (κ2) is 5.44. The molecule has 2 aromatic rings. The predicted octanol–water partition coefficient (Wildman–Crippen LogP) is 3.04. The van der Waals surface area contributed by atoms with Gasteiger partial charge in [0.05, 0.1) is 0 Å². The number of hydrogen-bond donors (Lipinski definition) is 1. The third kappa shape index (κ3) is 2.67. The molecule has 0 saturated carbocycles. The van der Waals surface area contributed by atoms with Crippen LogP contribution in [-0.4, -0.2) is 27.7 Å². The van der Waals surface area contributed by atoms with E-state index in [-0.39, 0.29) is 0 Å². The minimum atomic E-state index is 0.566. The molecule has 2 heterocycles. The minimum absolute atomic E-state index is 0.566. The Kier molecular flexibility index (Phi) is 3.50. The third-order valence-electron chi connectivity index (χ3n) is 3.00. The van der Waals surface area contributed by atoms with E-state index in [1.807, 2.05) is 23.9 Å². The summed E-state index contributed by atoms with van der Waals surface area (Å²) in [6.45, 7) is 0. The highest BCUT2D eigenvalue weighted by atomic mass is 32.2. The first-order chi connectivity index (χ1) is 8.92. The lowest BCUT2D eigenvalue weighted by atomic mass is 10.1. The van der Waals surface area contributed by atoms with E-state index in [0.717, 1.165) is 11.3 Å². The zero-order chi connectivity index (χ0) is 12.2. The minimum Gasteiger partial charge on any atom is -0.423 e. The molecular formula is C13H15N3OS. The summed E-state index contributed by atoms with van der Waals surface area (Å²) < 4.78 is 5.21. The third-order valence-corrected chi connectivity index (χ3v) is 4.22. The van der Waals surface area contributed by atoms with Gasteiger partial charge in [0.15, 0.2) is 0 Å². The fourth-order valence-corrected chi connectivity index (χ4v) is 3.20. The zero-order valence-corrected chi connectivity index (χ0v) is 10.8. The van der Waals surface area contributed by atoms with Crippen LogP contribution in [0.15, 0.2) is 35.1 Å². The van der Waals surface area contributed by atoms with E-state index < -0.39 is 0 Å². The van der Waals surface area contributed by atoms with E-state index in [4.69, 9.17) is 4.42 Å². The number of aromatic nitrogens is 2. The van der Waals surface area contributed by atoms with Crippen molar-refractivity contribution in [1.82, 2.24) is 10.2 Å². The maximum absolute atomic E-state index is 5.21. The topological polar surface area (TPSA) is 51.0 Å². The molecule has 1 N–H and O–H groups in total. The molecule has 1 saturated heterocycles. The first kappa shape index (κ1) is 11.6. The van der Waals surface area contributed by atoms with Crippen molar-refractivity contribution in [2.75, 3.05) is 16.8 Å². The Morgan fingerprint density at radius 1 is 1.39 bits per heavy atom. The lowest BCUT2D eigenvalue weighted by Gasteiger charge is -2.23. The maximum Gasteiger partial charge on any atom is 0.247 e. The van der Waals surface area contributed by atoms with Crippen LogP contribution >= 0.6 is 11.8 Å². The predicted molar refractivity (Wildman–Crippen MR) is 73.7 cm³/mol. The van der Waals surface area contributed by atoms with Crippen molar-refractivity contribution in [3.8, 4) is 11.5 Å². The highest BCUT2D eigenvalue weighted by Gasteiger charge is 2.13. The van der Waals surface area contributed by atoms with E-state index in [0.29, 0.717) is 11.9 Å². The Morgan fingerprint density at radius 2 is 2.39 bits per heavy atom. The first-order valence-corrected chi connectivity index (χ1v) is 7.28. The van der Waals surface area contributed by atoms with Gasteiger partial charge < -0.3 is 9.73 Å². The fraction of sp³-hybridized carbons (Fsp3) is 0.385. The van der Waals surface area contributed by atoms with E-state index in [2.05, 4.69) is 27.6 Å². The average Bonchev–Trinajstić information content (AvgIpc) is 2.94. The lowest BCUT2D eigenvalue weighted by molar-refractivity contribution is 0.568. The Balaban J connectivity index is 1.74. The van der Waals surface area contributed by atoms with Crippen molar-refractivity contribution in [3.63, 3.8) is 0 Å². The summed E-state index contributed by atoms with van der Waals surface area (Å²) in [6, 6.07) is 8.71. The van der Waals surface area contributed by atoms with Crippen LogP contribution in [0.5, 0.6) is 0 Å². The van der Waals surface area contributed by atoms with Crippen LogP contribution in [0.3, 0.4) is 0 Å². The van der Waals surface area contributed by atoms with Crippen molar-refractivity contribution in [3.05, 3.63) is 30.7 Å². The van der Waals surface area contributed by atoms with Crippen LogP contribution < -0.4 is 5.32 Å². The molecule has 0 amide bonds. The molecule has 0 radical (unpaired) electrons. The van der Waals surface area contributed by atoms with E-state index in [1.165, 1.54) is 30.7 Å². The molecule has 1 atom stereocenters. The van der Waals surface area contributed by atoms with Gasteiger partial charge in [0.25, 0.3) is 0 Å². The number of nitrogens with one attached hydrogen (secondary N) is 1. The molecule has 1 unspecified atom stereocenters. The van der Waals surface area contributed by atoms with Crippen LogP contribution in [0.4, 0.5) is 5.69 Å². The van der Waals surface area contributed by atoms with Crippen molar-refractivity contribution in [2.45, 2.75) is 18.9 Å². The smallest absolute Gasteiger partial charge is 0.247 e. The van der Waals surface area contributed by atoms with Gasteiger partial charge in [-0.25, -0.2) is 0 Å². The van der Waals surface area contributed by atoms with E-state index >= 15 is 0 Å². The van der Waals surface area contributed by atoms with Crippen LogP contribution in [0.25, 0.3) is 11.5 Å². The number of hydrogen-bond acceptors (Lipinski definition) is 5. The van der Waals surface area contributed by atoms with Crippen molar-refractivity contribution >= 4 is 17.4 Å². The molecule has 3 rings (SSSR count). The normalized spacial score (nSPS) is 19.7. The van der Waals surface area contributed by atoms with E-state index in [9.17, 15) is 0 Å². The zero-order valence-electron chi connectivity index (χ0n) is 10.0. The molecule has 1 aliphatic heterocycles. The van der Waals surface area contributed by atoms with Gasteiger partial charge in [0.1, 0.15) is 0 Å². The molecule has 4 nitrogen and oxygen atoms in total. The summed E-state index contributed by atoms with van der Waals surface area (Å²) in [6.07, 6.45) is 3.90. The maximum atomic E-state index is 5.21. The molecule has 1 aromatic heterocycles. The summed E-state index contributed by atoms with van der Waals surface area (Å²) >= 11 is 2.02. The molecule has 94 valence electrons. The fourth-order valence-electron chi connectivity index (χ4n) is 2.13. The summed E-state index contributed by atoms with van der Waals surface area (Å²) in [5.41, 5.74) is 2.08. The molecule has 18 heavy (non-hydrogen) atoms. The summed E-state index contributed by atoms with van der Waals surface area (Å²) in [7, 11) is 0. The highest BCUT2D eigenvalue weighted by molar-refractivity contribution is 7.99. The number of rotatable bonds is 3. The quantitative estimate of drug-likeness (QED) is 0.920. The second-order valence-corrected chi connectivity index (χ2v) is 5.53. The molecule has 1 aromatic carbocycles. The Bertz CT molecular complexity index is 495. The van der Waals surface area contributed by atoms with Gasteiger partial charge in [-0.3, -0.25) is 0 Å². The molecule has 5 heteroatoms. The molecule has 0 bridgehead atoms. The van der Waals surface area contributed by atoms with Crippen molar-refractivity contribution < 1.29 is 4.42 Å². The molecule has 1 aliphatic rings. The number of nitrogens with zero attached hydrogens (tertiary/aromatic N) is 2. The summed E-state index contributed by atoms with van der Waals surface area (Å²) in [5.74, 6) is 3.04. The molecule has 0 spiro atoms. The second-order valence-electron chi connectivity index (χ2n) is 4.38. The Morgan fingerprint density at radius 3 is 3.17 bits per heavy atom. The molecular weight excluding hydrogens is 246 g/mol. The Labute approximate surface area is 110 Å². The summed E-state index contributed by atoms with van der Waals surface area (Å²) in [4.78, 5) is 0. The van der Waals surface area contributed by atoms with Gasteiger partial charge in [0.2, 0.25) is 12.3 Å². The van der Waals surface area contributed by atoms with Gasteiger partial charge in [0, 0.05) is 23.0 Å². The van der Waals surface area contributed by atoms with Crippen molar-refractivity contribution in [1.29, 1.82) is 0 Å². The SMILES string of the molecule is c1cc(NC2CCCSC2)cc(-c2nnco2)c1. The van der Waals surface area contributed by atoms with Gasteiger partial charge in [-0.2, -0.15) is 11.8 Å². The van der Waals surface area contributed by atoms with Gasteiger partial charge >= 0.3 is 0 Å². The average molecular weight is 261 g/mol. The standard InChI is InChI=1S/C13H15N3OS/c1-3-10(13-16-14-9-17-13)7-11(4-1)15-12-5-2-6-18-8-12/h1,3-4,7,9,12,15H,2,5-6,8H2. The largest absolute Gasteiger partial charge is 0.423 e. The molecule has 1 fully saturated rings. The van der Waals surface area contributed by atoms with Crippen LogP contribution in [0, 0.1) is 0 Å². The number of anilines is 1. The lowest BCUT2D eigenvalue weighted by Crippen LogP contribution is -2.25.